The Morgan fingerprint density at radius 2 is 1.80 bits per heavy atom. The molecule has 318 valence electrons. The van der Waals surface area contributed by atoms with E-state index in [2.05, 4.69) is 10.6 Å². The monoisotopic (exact) mass is 791 g/mol. The Hall–Kier alpha value is -1.56. The molecule has 0 radical (unpaired) electrons. The number of carbonyl (C=O) groups excluding carboxylic acids is 2. The summed E-state index contributed by atoms with van der Waals surface area (Å²) in [6, 6.07) is 0. The van der Waals surface area contributed by atoms with Gasteiger partial charge in [-0.2, -0.15) is 0 Å². The minimum atomic E-state index is -1.17. The second-order valence-corrected chi connectivity index (χ2v) is 18.8. The van der Waals surface area contributed by atoms with Crippen LogP contribution in [0.4, 0.5) is 0 Å². The minimum Gasteiger partial charge on any atom is -0.456 e. The van der Waals surface area contributed by atoms with Gasteiger partial charge >= 0.3 is 5.97 Å². The van der Waals surface area contributed by atoms with Crippen LogP contribution in [0.3, 0.4) is 0 Å². The molecule has 11 N–H and O–H groups in total. The first-order chi connectivity index (χ1) is 26.9. The maximum atomic E-state index is 14.2. The highest BCUT2D eigenvalue weighted by Crippen LogP contribution is 2.59. The van der Waals surface area contributed by atoms with E-state index in [0.29, 0.717) is 18.9 Å². The van der Waals surface area contributed by atoms with E-state index in [1.807, 2.05) is 6.92 Å². The first-order valence-electron chi connectivity index (χ1n) is 21.8. The Labute approximate surface area is 331 Å². The minimum absolute atomic E-state index is 0.0116. The molecule has 2 saturated carbocycles. The molecule has 0 aromatic heterocycles. The Bertz CT molecular complexity index is 1400. The molecule has 5 saturated heterocycles. The number of allylic oxidation sites excluding steroid dienone is 1. The van der Waals surface area contributed by atoms with Crippen molar-refractivity contribution in [1.82, 2.24) is 10.6 Å². The number of aliphatic hydroxyl groups is 5. The van der Waals surface area contributed by atoms with Gasteiger partial charge in [-0.15, -0.1) is 0 Å². The molecule has 0 aromatic rings. The molecule has 2 bridgehead atoms. The summed E-state index contributed by atoms with van der Waals surface area (Å²) in [6.07, 6.45) is 4.57. The summed E-state index contributed by atoms with van der Waals surface area (Å²) in [6.45, 7) is 4.21. The number of Topliss-reactive ketones (excluding diaryl/α,β-unsaturated/α-hetero) is 1. The van der Waals surface area contributed by atoms with Gasteiger partial charge in [-0.05, 0) is 133 Å². The maximum absolute atomic E-state index is 14.2. The van der Waals surface area contributed by atoms with Gasteiger partial charge in [0.05, 0.1) is 67.6 Å². The number of rotatable bonds is 9. The van der Waals surface area contributed by atoms with Crippen LogP contribution in [0.2, 0.25) is 0 Å². The number of fused-ring (bicyclic) bond motifs is 4. The highest BCUT2D eigenvalue weighted by molar-refractivity contribution is 5.88. The third kappa shape index (κ3) is 8.16. The number of nitrogens with one attached hydrogen (secondary N) is 2. The molecule has 19 atom stereocenters. The van der Waals surface area contributed by atoms with Crippen LogP contribution in [0, 0.1) is 59.2 Å². The first-order valence-corrected chi connectivity index (χ1v) is 21.8. The largest absolute Gasteiger partial charge is 0.456 e. The van der Waals surface area contributed by atoms with Crippen LogP contribution in [-0.4, -0.2) is 125 Å². The molecule has 0 spiro atoms. The third-order valence-corrected chi connectivity index (χ3v) is 15.9. The molecule has 2 aliphatic carbocycles. The Morgan fingerprint density at radius 3 is 2.48 bits per heavy atom. The molecule has 7 fully saturated rings. The molecular formula is C42H70N4O10. The molecule has 0 amide bonds. The van der Waals surface area contributed by atoms with Crippen molar-refractivity contribution >= 4 is 11.8 Å². The number of aliphatic hydroxyl groups excluding tert-OH is 5. The maximum Gasteiger partial charge on any atom is 0.336 e. The summed E-state index contributed by atoms with van der Waals surface area (Å²) in [5, 5.41) is 62.4. The lowest BCUT2D eigenvalue weighted by Gasteiger charge is -2.63. The van der Waals surface area contributed by atoms with E-state index in [0.717, 1.165) is 64.3 Å². The van der Waals surface area contributed by atoms with Gasteiger partial charge < -0.3 is 61.8 Å². The van der Waals surface area contributed by atoms with E-state index in [9.17, 15) is 35.1 Å². The number of hydrogen-bond acceptors (Lipinski definition) is 14. The zero-order chi connectivity index (χ0) is 39.9. The first kappa shape index (κ1) is 42.6. The summed E-state index contributed by atoms with van der Waals surface area (Å²) in [4.78, 5) is 27.9. The number of ether oxygens (including phenoxy) is 3. The quantitative estimate of drug-likeness (QED) is 0.116. The Kier molecular flexibility index (Phi) is 13.7. The third-order valence-electron chi connectivity index (χ3n) is 15.9. The van der Waals surface area contributed by atoms with Crippen molar-refractivity contribution < 1.29 is 49.3 Å². The van der Waals surface area contributed by atoms with Crippen LogP contribution in [0.5, 0.6) is 0 Å². The van der Waals surface area contributed by atoms with Gasteiger partial charge in [-0.1, -0.05) is 12.5 Å². The van der Waals surface area contributed by atoms with Crippen molar-refractivity contribution in [3.05, 3.63) is 11.6 Å². The number of ketones is 1. The number of carbonyl (C=O) groups is 2. The highest BCUT2D eigenvalue weighted by atomic mass is 16.6. The summed E-state index contributed by atoms with van der Waals surface area (Å²) in [5.74, 6) is -3.12. The molecule has 15 unspecified atom stereocenters. The lowest BCUT2D eigenvalue weighted by Crippen LogP contribution is -2.71. The topological polar surface area (TPSA) is 239 Å². The molecule has 0 aromatic carbocycles. The Balaban J connectivity index is 1.39. The summed E-state index contributed by atoms with van der Waals surface area (Å²) in [5.41, 5.74) is 12.4. The molecule has 5 aliphatic heterocycles. The van der Waals surface area contributed by atoms with Crippen LogP contribution < -0.4 is 22.1 Å². The van der Waals surface area contributed by atoms with Gasteiger partial charge in [-0.25, -0.2) is 4.79 Å². The summed E-state index contributed by atoms with van der Waals surface area (Å²) < 4.78 is 20.8. The fourth-order valence-electron chi connectivity index (χ4n) is 12.9. The predicted octanol–water partition coefficient (Wildman–Crippen LogP) is 0.697. The van der Waals surface area contributed by atoms with Crippen LogP contribution >= 0.6 is 0 Å². The Morgan fingerprint density at radius 1 is 1.00 bits per heavy atom. The van der Waals surface area contributed by atoms with Crippen LogP contribution in [0.15, 0.2) is 11.6 Å². The van der Waals surface area contributed by atoms with E-state index in [1.54, 1.807) is 13.0 Å². The van der Waals surface area contributed by atoms with Crippen LogP contribution in [-0.2, 0) is 23.8 Å². The molecule has 5 heterocycles. The second-order valence-electron chi connectivity index (χ2n) is 18.8. The van der Waals surface area contributed by atoms with E-state index in [1.165, 1.54) is 0 Å². The molecule has 56 heavy (non-hydrogen) atoms. The number of nitrogens with two attached hydrogens (primary N) is 2. The van der Waals surface area contributed by atoms with E-state index in [4.69, 9.17) is 25.7 Å². The van der Waals surface area contributed by atoms with E-state index in [-0.39, 0.29) is 85.3 Å². The van der Waals surface area contributed by atoms with Gasteiger partial charge in [0.15, 0.2) is 0 Å². The fraction of sp³-hybridized carbons (Fsp3) is 0.905. The molecule has 14 heteroatoms. The van der Waals surface area contributed by atoms with Crippen molar-refractivity contribution in [2.75, 3.05) is 32.9 Å². The molecule has 7 rings (SSSR count). The highest BCUT2D eigenvalue weighted by Gasteiger charge is 2.66. The van der Waals surface area contributed by atoms with Gasteiger partial charge in [0, 0.05) is 24.9 Å². The average molecular weight is 791 g/mol. The van der Waals surface area contributed by atoms with E-state index < -0.39 is 72.6 Å². The molecule has 14 nitrogen and oxygen atoms in total. The van der Waals surface area contributed by atoms with Crippen molar-refractivity contribution in [3.63, 3.8) is 0 Å². The summed E-state index contributed by atoms with van der Waals surface area (Å²) >= 11 is 0. The van der Waals surface area contributed by atoms with Crippen molar-refractivity contribution in [2.45, 2.75) is 145 Å². The lowest BCUT2D eigenvalue weighted by molar-refractivity contribution is -0.309. The number of esters is 1. The SMILES string of the molecule is CC=C(CO)C(=O)O[C@H]1CC2C(O)C3C(=O)CC(CO)OC3C3C2O[C@@]1(C)[C@H](CC1CCC(N)NC1)CCC1C(N)NCCC1C3[C@H](CO)C1CCCC(O)C1. The van der Waals surface area contributed by atoms with Crippen molar-refractivity contribution in [2.24, 2.45) is 70.6 Å². The van der Waals surface area contributed by atoms with Gasteiger partial charge in [0.2, 0.25) is 0 Å². The number of hydrogen-bond donors (Lipinski definition) is 9. The van der Waals surface area contributed by atoms with Gasteiger partial charge in [0.1, 0.15) is 17.5 Å². The zero-order valence-electron chi connectivity index (χ0n) is 33.4. The van der Waals surface area contributed by atoms with Crippen LogP contribution in [0.1, 0.15) is 90.9 Å². The van der Waals surface area contributed by atoms with Crippen LogP contribution in [0.25, 0.3) is 0 Å². The molecular weight excluding hydrogens is 720 g/mol. The second kappa shape index (κ2) is 18.0. The summed E-state index contributed by atoms with van der Waals surface area (Å²) in [7, 11) is 0. The van der Waals surface area contributed by atoms with Gasteiger partial charge in [0.25, 0.3) is 0 Å². The predicted molar refractivity (Wildman–Crippen MR) is 206 cm³/mol. The average Bonchev–Trinajstić information content (AvgIpc) is 3.17. The lowest BCUT2D eigenvalue weighted by atomic mass is 9.51. The van der Waals surface area contributed by atoms with Gasteiger partial charge in [-0.3, -0.25) is 4.79 Å². The fourth-order valence-corrected chi connectivity index (χ4v) is 12.9. The standard InChI is InChI=1S/C42H70N4O10/c1-3-22(18-47)41(53)55-32-16-29-37(52)35-31(51)15-26(19-48)54-39(35)36-34(30(20-49)23-5-4-6-25(50)14-23)27-11-12-45-40(44)28(27)9-8-24(42(32,2)56-38(29)36)13-21-7-10-33(43)46-17-21/h3,21,23-30,32-40,45-50,52H,4-20,43-44H2,1-2H3/t21?,23?,24-,25?,26?,27?,28?,29?,30+,32-,33?,34?,35?,36?,37?,38?,39?,40?,42-/m0/s1. The molecule has 7 aliphatic rings. The van der Waals surface area contributed by atoms with Crippen molar-refractivity contribution in [1.29, 1.82) is 0 Å². The van der Waals surface area contributed by atoms with Crippen molar-refractivity contribution in [3.8, 4) is 0 Å². The van der Waals surface area contributed by atoms with E-state index >= 15 is 0 Å². The number of piperidine rings is 2. The smallest absolute Gasteiger partial charge is 0.336 e. The normalized spacial score (nSPS) is 47.9. The zero-order valence-corrected chi connectivity index (χ0v) is 33.4.